The summed E-state index contributed by atoms with van der Waals surface area (Å²) in [5.41, 5.74) is 0.265. The van der Waals surface area contributed by atoms with Gasteiger partial charge in [-0.15, -0.1) is 13.2 Å². The maximum absolute atomic E-state index is 14.5. The summed E-state index contributed by atoms with van der Waals surface area (Å²) in [5.74, 6) is -2.13. The molecule has 1 aromatic rings. The summed E-state index contributed by atoms with van der Waals surface area (Å²) in [5, 5.41) is 10.0. The van der Waals surface area contributed by atoms with Gasteiger partial charge in [-0.2, -0.15) is 0 Å². The summed E-state index contributed by atoms with van der Waals surface area (Å²) >= 11 is 6.58. The second kappa shape index (κ2) is 11.6. The summed E-state index contributed by atoms with van der Waals surface area (Å²) < 4.78 is 6.56. The Morgan fingerprint density at radius 2 is 2.00 bits per heavy atom. The molecule has 3 amide bonds. The van der Waals surface area contributed by atoms with Crippen molar-refractivity contribution >= 4 is 35.0 Å². The maximum Gasteiger partial charge on any atom is 0.253 e. The number of hydrogen-bond donors (Lipinski definition) is 1. The van der Waals surface area contributed by atoms with Crippen LogP contribution in [0.3, 0.4) is 0 Å². The van der Waals surface area contributed by atoms with E-state index in [0.29, 0.717) is 43.1 Å². The van der Waals surface area contributed by atoms with Crippen LogP contribution in [0.15, 0.2) is 43.5 Å². The molecule has 0 saturated carbocycles. The Hall–Kier alpha value is -2.68. The Balaban J connectivity index is 1.78. The highest BCUT2D eigenvalue weighted by molar-refractivity contribution is 6.34. The number of amides is 3. The Morgan fingerprint density at radius 3 is 2.63 bits per heavy atom. The zero-order valence-corrected chi connectivity index (χ0v) is 23.0. The normalized spacial score (nSPS) is 27.4. The van der Waals surface area contributed by atoms with Crippen LogP contribution < -0.4 is 4.90 Å². The minimum Gasteiger partial charge on any atom is -0.396 e. The second-order valence-electron chi connectivity index (χ2n) is 10.4. The van der Waals surface area contributed by atoms with Gasteiger partial charge in [0.15, 0.2) is 0 Å². The van der Waals surface area contributed by atoms with E-state index < -0.39 is 29.6 Å². The summed E-state index contributed by atoms with van der Waals surface area (Å²) in [7, 11) is 0. The number of carbonyl (C=O) groups excluding carboxylic acids is 3. The maximum atomic E-state index is 14.5. The van der Waals surface area contributed by atoms with Crippen LogP contribution in [0.25, 0.3) is 0 Å². The van der Waals surface area contributed by atoms with Crippen LogP contribution in [-0.2, 0) is 19.1 Å². The minimum atomic E-state index is -1.12. The van der Waals surface area contributed by atoms with Gasteiger partial charge in [0.25, 0.3) is 5.91 Å². The Labute approximate surface area is 229 Å². The standard InChI is InChI=1S/C29H38ClN3O5/c1-5-14-31(15-6-2)26(35)22-21-12-13-29(38-21)23(22)27(36)33(17-9-18-34)25(29)28(37)32(16-7-3)24-19(4)10-8-11-20(24)30/h5,7-8,10-11,21-23,25,34H,1,3,6,9,12-18H2,2,4H3/t21-,22+,23-,25?,29?/m0/s1. The highest BCUT2D eigenvalue weighted by atomic mass is 35.5. The van der Waals surface area contributed by atoms with Gasteiger partial charge in [0.1, 0.15) is 11.6 Å². The highest BCUT2D eigenvalue weighted by Gasteiger charge is 2.74. The van der Waals surface area contributed by atoms with Crippen molar-refractivity contribution < 1.29 is 24.2 Å². The number of anilines is 1. The van der Waals surface area contributed by atoms with E-state index in [4.69, 9.17) is 16.3 Å². The zero-order chi connectivity index (χ0) is 27.6. The average molecular weight is 544 g/mol. The fraction of sp³-hybridized carbons (Fsp3) is 0.552. The zero-order valence-electron chi connectivity index (χ0n) is 22.3. The molecule has 3 aliphatic rings. The Bertz CT molecular complexity index is 1090. The quantitative estimate of drug-likeness (QED) is 0.408. The van der Waals surface area contributed by atoms with Crippen molar-refractivity contribution in [3.05, 3.63) is 54.1 Å². The Morgan fingerprint density at radius 1 is 1.26 bits per heavy atom. The van der Waals surface area contributed by atoms with Gasteiger partial charge in [0.05, 0.1) is 28.6 Å². The Kier molecular flexibility index (Phi) is 8.65. The van der Waals surface area contributed by atoms with Crippen LogP contribution in [0.2, 0.25) is 5.02 Å². The third-order valence-corrected chi connectivity index (χ3v) is 8.37. The monoisotopic (exact) mass is 543 g/mol. The summed E-state index contributed by atoms with van der Waals surface area (Å²) in [6, 6.07) is 4.49. The van der Waals surface area contributed by atoms with Crippen LogP contribution in [0.1, 0.15) is 38.2 Å². The van der Waals surface area contributed by atoms with Crippen LogP contribution in [0, 0.1) is 18.8 Å². The first-order valence-electron chi connectivity index (χ1n) is 13.4. The molecule has 2 bridgehead atoms. The van der Waals surface area contributed by atoms with E-state index in [9.17, 15) is 19.5 Å². The van der Waals surface area contributed by atoms with Gasteiger partial charge in [-0.25, -0.2) is 0 Å². The van der Waals surface area contributed by atoms with Gasteiger partial charge in [-0.05, 0) is 44.2 Å². The molecular weight excluding hydrogens is 506 g/mol. The molecule has 3 fully saturated rings. The van der Waals surface area contributed by atoms with Crippen LogP contribution in [0.5, 0.6) is 0 Å². The van der Waals surface area contributed by atoms with E-state index in [1.807, 2.05) is 26.0 Å². The van der Waals surface area contributed by atoms with Crippen molar-refractivity contribution in [1.82, 2.24) is 9.80 Å². The molecule has 1 N–H and O–H groups in total. The molecule has 0 aromatic heterocycles. The number of ether oxygens (including phenoxy) is 1. The number of para-hydroxylation sites is 1. The minimum absolute atomic E-state index is 0.127. The van der Waals surface area contributed by atoms with Gasteiger partial charge in [0, 0.05) is 32.8 Å². The molecule has 38 heavy (non-hydrogen) atoms. The number of halogens is 1. The topological polar surface area (TPSA) is 90.4 Å². The number of hydrogen-bond acceptors (Lipinski definition) is 5. The highest BCUT2D eigenvalue weighted by Crippen LogP contribution is 2.59. The van der Waals surface area contributed by atoms with Crippen LogP contribution in [0.4, 0.5) is 5.69 Å². The van der Waals surface area contributed by atoms with Crippen molar-refractivity contribution in [2.75, 3.05) is 37.7 Å². The molecule has 3 saturated heterocycles. The van der Waals surface area contributed by atoms with E-state index >= 15 is 0 Å². The molecule has 8 nitrogen and oxygen atoms in total. The van der Waals surface area contributed by atoms with Gasteiger partial charge in [0.2, 0.25) is 11.8 Å². The molecule has 0 aliphatic carbocycles. The smallest absolute Gasteiger partial charge is 0.253 e. The fourth-order valence-corrected chi connectivity index (χ4v) is 6.98. The van der Waals surface area contributed by atoms with Crippen LogP contribution >= 0.6 is 11.6 Å². The number of rotatable bonds is 12. The van der Waals surface area contributed by atoms with Crippen molar-refractivity contribution in [2.24, 2.45) is 11.8 Å². The third kappa shape index (κ3) is 4.56. The SMILES string of the molecule is C=CCN(CCC)C(=O)[C@@H]1[C@@H]2CCC3(O2)C(C(=O)N(CC=C)c2c(C)cccc2Cl)N(CCCO)C(=O)[C@H]13. The number of benzene rings is 1. The number of aryl methyl sites for hydroxylation is 1. The van der Waals surface area contributed by atoms with Gasteiger partial charge in [-0.3, -0.25) is 14.4 Å². The molecule has 0 radical (unpaired) electrons. The van der Waals surface area contributed by atoms with Crippen molar-refractivity contribution in [1.29, 1.82) is 0 Å². The van der Waals surface area contributed by atoms with E-state index in [2.05, 4.69) is 13.2 Å². The van der Waals surface area contributed by atoms with Crippen molar-refractivity contribution in [2.45, 2.75) is 57.3 Å². The lowest BCUT2D eigenvalue weighted by Gasteiger charge is -2.37. The predicted molar refractivity (Wildman–Crippen MR) is 147 cm³/mol. The number of carbonyl (C=O) groups is 3. The molecule has 1 spiro atoms. The van der Waals surface area contributed by atoms with Crippen LogP contribution in [-0.4, -0.2) is 83.2 Å². The van der Waals surface area contributed by atoms with Crippen molar-refractivity contribution in [3.63, 3.8) is 0 Å². The molecule has 3 aliphatic heterocycles. The molecule has 2 unspecified atom stereocenters. The molecule has 9 heteroatoms. The predicted octanol–water partition coefficient (Wildman–Crippen LogP) is 3.35. The number of likely N-dealkylation sites (tertiary alicyclic amines) is 1. The molecule has 3 heterocycles. The number of aliphatic hydroxyl groups excluding tert-OH is 1. The van der Waals surface area contributed by atoms with Gasteiger partial charge >= 0.3 is 0 Å². The first-order chi connectivity index (χ1) is 18.3. The molecule has 206 valence electrons. The lowest BCUT2D eigenvalue weighted by molar-refractivity contribution is -0.145. The van der Waals surface area contributed by atoms with E-state index in [1.165, 1.54) is 4.90 Å². The van der Waals surface area contributed by atoms with E-state index in [1.54, 1.807) is 28.0 Å². The van der Waals surface area contributed by atoms with E-state index in [0.717, 1.165) is 12.0 Å². The summed E-state index contributed by atoms with van der Waals surface area (Å²) in [6.45, 7) is 12.7. The fourth-order valence-electron chi connectivity index (χ4n) is 6.66. The summed E-state index contributed by atoms with van der Waals surface area (Å²) in [6.07, 6.45) is 5.07. The van der Waals surface area contributed by atoms with Crippen molar-refractivity contribution in [3.8, 4) is 0 Å². The molecule has 4 rings (SSSR count). The third-order valence-electron chi connectivity index (χ3n) is 8.07. The summed E-state index contributed by atoms with van der Waals surface area (Å²) in [4.78, 5) is 47.2. The molecular formula is C29H38ClN3O5. The largest absolute Gasteiger partial charge is 0.396 e. The molecule has 1 aromatic carbocycles. The van der Waals surface area contributed by atoms with E-state index in [-0.39, 0.29) is 37.4 Å². The first-order valence-corrected chi connectivity index (χ1v) is 13.8. The van der Waals surface area contributed by atoms with Gasteiger partial charge in [-0.1, -0.05) is 42.8 Å². The number of aliphatic hydroxyl groups is 1. The number of nitrogens with zero attached hydrogens (tertiary/aromatic N) is 3. The average Bonchev–Trinajstić information content (AvgIpc) is 3.53. The first kappa shape index (κ1) is 28.3. The number of fused-ring (bicyclic) bond motifs is 1. The lowest BCUT2D eigenvalue weighted by Crippen LogP contribution is -2.57. The molecule has 5 atom stereocenters. The van der Waals surface area contributed by atoms with Gasteiger partial charge < -0.3 is 24.5 Å². The lowest BCUT2D eigenvalue weighted by atomic mass is 9.70. The second-order valence-corrected chi connectivity index (χ2v) is 10.8.